The van der Waals surface area contributed by atoms with Crippen molar-refractivity contribution in [3.8, 4) is 0 Å². The normalized spacial score (nSPS) is 12.0. The average molecular weight is 370 g/mol. The van der Waals surface area contributed by atoms with Gasteiger partial charge in [0.15, 0.2) is 0 Å². The van der Waals surface area contributed by atoms with E-state index in [1.807, 2.05) is 24.0 Å². The molecule has 0 atom stereocenters. The Morgan fingerprint density at radius 1 is 0.885 bits per heavy atom. The first-order chi connectivity index (χ1) is 12.1. The van der Waals surface area contributed by atoms with Crippen molar-refractivity contribution in [3.63, 3.8) is 0 Å². The summed E-state index contributed by atoms with van der Waals surface area (Å²) in [4.78, 5) is 6.90. The van der Waals surface area contributed by atoms with Crippen LogP contribution >= 0.6 is 11.8 Å². The Bertz CT molecular complexity index is 787. The maximum atomic E-state index is 5.68. The fraction of sp³-hybridized carbons (Fsp3) is 0.435. The molecule has 26 heavy (non-hydrogen) atoms. The number of oxime groups is 1. The van der Waals surface area contributed by atoms with E-state index in [0.717, 1.165) is 5.56 Å². The highest BCUT2D eigenvalue weighted by Gasteiger charge is 2.14. The standard InChI is InChI=1S/C23H31NOS/c1-15-16(2)18(4)21(19(5)17(15)3)14-25-24-13-20-11-9-10-12-22(20)26-23(6,7)8/h9-13H,14H2,1-8H3/b24-13-. The Balaban J connectivity index is 2.15. The summed E-state index contributed by atoms with van der Waals surface area (Å²) in [5.41, 5.74) is 9.04. The first-order valence-electron chi connectivity index (χ1n) is 9.11. The van der Waals surface area contributed by atoms with Crippen LogP contribution in [0.3, 0.4) is 0 Å². The molecular weight excluding hydrogens is 338 g/mol. The van der Waals surface area contributed by atoms with Crippen molar-refractivity contribution >= 4 is 18.0 Å². The molecule has 0 aromatic heterocycles. The third kappa shape index (κ3) is 4.91. The van der Waals surface area contributed by atoms with Gasteiger partial charge >= 0.3 is 0 Å². The van der Waals surface area contributed by atoms with Gasteiger partial charge < -0.3 is 4.84 Å². The summed E-state index contributed by atoms with van der Waals surface area (Å²) in [6, 6.07) is 8.32. The molecule has 0 fully saturated rings. The summed E-state index contributed by atoms with van der Waals surface area (Å²) >= 11 is 1.85. The van der Waals surface area contributed by atoms with Gasteiger partial charge in [0, 0.05) is 15.2 Å². The van der Waals surface area contributed by atoms with E-state index in [2.05, 4.69) is 78.7 Å². The van der Waals surface area contributed by atoms with Gasteiger partial charge in [0.25, 0.3) is 0 Å². The largest absolute Gasteiger partial charge is 0.391 e. The van der Waals surface area contributed by atoms with E-state index in [9.17, 15) is 0 Å². The molecule has 2 aromatic carbocycles. The van der Waals surface area contributed by atoms with Gasteiger partial charge in [0.05, 0.1) is 6.21 Å². The second-order valence-corrected chi connectivity index (χ2v) is 9.73. The topological polar surface area (TPSA) is 21.6 Å². The van der Waals surface area contributed by atoms with E-state index in [0.29, 0.717) is 6.61 Å². The molecule has 140 valence electrons. The molecule has 3 heteroatoms. The quantitative estimate of drug-likeness (QED) is 0.333. The van der Waals surface area contributed by atoms with Gasteiger partial charge in [0.2, 0.25) is 0 Å². The summed E-state index contributed by atoms with van der Waals surface area (Å²) in [5.74, 6) is 0. The van der Waals surface area contributed by atoms with Gasteiger partial charge in [0.1, 0.15) is 6.61 Å². The van der Waals surface area contributed by atoms with Crippen LogP contribution in [0.1, 0.15) is 59.7 Å². The van der Waals surface area contributed by atoms with Gasteiger partial charge in [-0.25, -0.2) is 0 Å². The lowest BCUT2D eigenvalue weighted by Crippen LogP contribution is -2.07. The number of thioether (sulfide) groups is 1. The molecule has 0 aliphatic heterocycles. The predicted molar refractivity (Wildman–Crippen MR) is 115 cm³/mol. The molecule has 2 aromatic rings. The van der Waals surface area contributed by atoms with E-state index in [1.54, 1.807) is 0 Å². The highest BCUT2D eigenvalue weighted by molar-refractivity contribution is 8.00. The fourth-order valence-electron chi connectivity index (χ4n) is 3.00. The van der Waals surface area contributed by atoms with Crippen molar-refractivity contribution in [1.82, 2.24) is 0 Å². The third-order valence-electron chi connectivity index (χ3n) is 4.97. The highest BCUT2D eigenvalue weighted by atomic mass is 32.2. The number of nitrogens with zero attached hydrogens (tertiary/aromatic N) is 1. The Hall–Kier alpha value is -1.74. The predicted octanol–water partition coefficient (Wildman–Crippen LogP) is 6.67. The highest BCUT2D eigenvalue weighted by Crippen LogP contribution is 2.33. The van der Waals surface area contributed by atoms with Crippen LogP contribution < -0.4 is 0 Å². The molecule has 2 rings (SSSR count). The zero-order valence-corrected chi connectivity index (χ0v) is 18.2. The van der Waals surface area contributed by atoms with Crippen LogP contribution in [-0.2, 0) is 11.4 Å². The van der Waals surface area contributed by atoms with Crippen LogP contribution in [-0.4, -0.2) is 11.0 Å². The number of benzene rings is 2. The van der Waals surface area contributed by atoms with Crippen molar-refractivity contribution in [3.05, 3.63) is 63.2 Å². The minimum Gasteiger partial charge on any atom is -0.391 e. The molecule has 0 N–H and O–H groups in total. The molecule has 0 heterocycles. The zero-order chi connectivity index (χ0) is 19.5. The Kier molecular flexibility index (Phi) is 6.57. The van der Waals surface area contributed by atoms with Crippen molar-refractivity contribution in [2.75, 3.05) is 0 Å². The summed E-state index contributed by atoms with van der Waals surface area (Å²) < 4.78 is 0.163. The molecule has 0 aliphatic carbocycles. The van der Waals surface area contributed by atoms with Crippen LogP contribution in [0.15, 0.2) is 34.3 Å². The summed E-state index contributed by atoms with van der Waals surface area (Å²) in [6.07, 6.45) is 1.83. The first kappa shape index (κ1) is 20.6. The van der Waals surface area contributed by atoms with Crippen LogP contribution in [0, 0.1) is 34.6 Å². The summed E-state index contributed by atoms with van der Waals surface area (Å²) in [5, 5.41) is 4.25. The van der Waals surface area contributed by atoms with Gasteiger partial charge in [-0.1, -0.05) is 44.1 Å². The van der Waals surface area contributed by atoms with Crippen molar-refractivity contribution in [2.45, 2.75) is 71.6 Å². The first-order valence-corrected chi connectivity index (χ1v) is 9.92. The van der Waals surface area contributed by atoms with Crippen LogP contribution in [0.4, 0.5) is 0 Å². The third-order valence-corrected chi connectivity index (χ3v) is 6.17. The van der Waals surface area contributed by atoms with Gasteiger partial charge in [-0.15, -0.1) is 11.8 Å². The molecule has 0 saturated carbocycles. The summed E-state index contributed by atoms with van der Waals surface area (Å²) in [7, 11) is 0. The fourth-order valence-corrected chi connectivity index (χ4v) is 4.04. The molecule has 0 spiro atoms. The van der Waals surface area contributed by atoms with E-state index in [1.165, 1.54) is 38.3 Å². The molecule has 0 amide bonds. The van der Waals surface area contributed by atoms with Gasteiger partial charge in [-0.2, -0.15) is 0 Å². The average Bonchev–Trinajstić information content (AvgIpc) is 2.57. The van der Waals surface area contributed by atoms with E-state index >= 15 is 0 Å². The van der Waals surface area contributed by atoms with Crippen molar-refractivity contribution in [1.29, 1.82) is 0 Å². The second kappa shape index (κ2) is 8.30. The minimum atomic E-state index is 0.163. The molecule has 0 aliphatic rings. The molecule has 0 saturated heterocycles. The lowest BCUT2D eigenvalue weighted by molar-refractivity contribution is 0.131. The number of rotatable bonds is 5. The lowest BCUT2D eigenvalue weighted by Gasteiger charge is -2.19. The minimum absolute atomic E-state index is 0.163. The monoisotopic (exact) mass is 369 g/mol. The Labute approximate surface area is 163 Å². The lowest BCUT2D eigenvalue weighted by atomic mass is 9.90. The van der Waals surface area contributed by atoms with Crippen molar-refractivity contribution in [2.24, 2.45) is 5.16 Å². The maximum absolute atomic E-state index is 5.68. The smallest absolute Gasteiger partial charge is 0.142 e. The number of hydrogen-bond donors (Lipinski definition) is 0. The molecule has 2 nitrogen and oxygen atoms in total. The molecular formula is C23H31NOS. The Morgan fingerprint density at radius 3 is 2.00 bits per heavy atom. The zero-order valence-electron chi connectivity index (χ0n) is 17.4. The maximum Gasteiger partial charge on any atom is 0.142 e. The van der Waals surface area contributed by atoms with Gasteiger partial charge in [-0.05, 0) is 74.1 Å². The molecule has 0 unspecified atom stereocenters. The molecule has 0 radical (unpaired) electrons. The van der Waals surface area contributed by atoms with Crippen LogP contribution in [0.25, 0.3) is 0 Å². The summed E-state index contributed by atoms with van der Waals surface area (Å²) in [6.45, 7) is 18.1. The molecule has 0 bridgehead atoms. The van der Waals surface area contributed by atoms with Crippen LogP contribution in [0.5, 0.6) is 0 Å². The van der Waals surface area contributed by atoms with E-state index in [4.69, 9.17) is 4.84 Å². The van der Waals surface area contributed by atoms with Gasteiger partial charge in [-0.3, -0.25) is 0 Å². The second-order valence-electron chi connectivity index (χ2n) is 7.86. The van der Waals surface area contributed by atoms with E-state index < -0.39 is 0 Å². The van der Waals surface area contributed by atoms with Crippen LogP contribution in [0.2, 0.25) is 0 Å². The SMILES string of the molecule is Cc1c(C)c(C)c(CO/N=C\c2ccccc2SC(C)(C)C)c(C)c1C. The van der Waals surface area contributed by atoms with E-state index in [-0.39, 0.29) is 4.75 Å². The Morgan fingerprint density at radius 2 is 1.42 bits per heavy atom. The number of hydrogen-bond acceptors (Lipinski definition) is 3. The van der Waals surface area contributed by atoms with Crippen molar-refractivity contribution < 1.29 is 4.84 Å².